The van der Waals surface area contributed by atoms with Crippen LogP contribution in [0.2, 0.25) is 0 Å². The van der Waals surface area contributed by atoms with E-state index in [4.69, 9.17) is 4.74 Å². The molecule has 0 radical (unpaired) electrons. The lowest BCUT2D eigenvalue weighted by molar-refractivity contribution is -0.393. The summed E-state index contributed by atoms with van der Waals surface area (Å²) in [6.07, 6.45) is -4.54. The fourth-order valence-corrected chi connectivity index (χ4v) is 2.00. The lowest BCUT2D eigenvalue weighted by Crippen LogP contribution is -2.22. The fourth-order valence-electron chi connectivity index (χ4n) is 2.00. The number of hydrogen-bond donors (Lipinski definition) is 0. The number of rotatable bonds is 7. The van der Waals surface area contributed by atoms with E-state index in [2.05, 4.69) is 0 Å². The third-order valence-corrected chi connectivity index (χ3v) is 3.01. The van der Waals surface area contributed by atoms with Crippen LogP contribution in [0, 0.1) is 20.2 Å². The molecule has 0 heterocycles. The molecule has 0 aromatic heterocycles. The van der Waals surface area contributed by atoms with E-state index < -0.39 is 38.6 Å². The highest BCUT2D eigenvalue weighted by molar-refractivity contribution is 5.76. The van der Waals surface area contributed by atoms with E-state index in [1.807, 2.05) is 0 Å². The Kier molecular flexibility index (Phi) is 5.85. The maximum Gasteiger partial charge on any atom is 0.416 e. The molecule has 0 aliphatic carbocycles. The predicted octanol–water partition coefficient (Wildman–Crippen LogP) is 2.99. The number of methoxy groups -OCH3 is 1. The van der Waals surface area contributed by atoms with Gasteiger partial charge in [-0.25, -0.2) is 0 Å². The third kappa shape index (κ3) is 4.52. The van der Waals surface area contributed by atoms with Crippen LogP contribution in [0.15, 0.2) is 12.1 Å². The Balaban J connectivity index is 3.46. The first-order valence-corrected chi connectivity index (χ1v) is 6.33. The molecule has 128 valence electrons. The summed E-state index contributed by atoms with van der Waals surface area (Å²) < 4.78 is 43.1. The van der Waals surface area contributed by atoms with Crippen LogP contribution >= 0.6 is 0 Å². The van der Waals surface area contributed by atoms with Crippen LogP contribution < -0.4 is 4.90 Å². The third-order valence-electron chi connectivity index (χ3n) is 3.01. The minimum Gasteiger partial charge on any atom is -0.385 e. The van der Waals surface area contributed by atoms with Gasteiger partial charge in [0.2, 0.25) is 0 Å². The number of anilines is 1. The number of alkyl halides is 3. The number of halogens is 3. The van der Waals surface area contributed by atoms with Crippen LogP contribution in [-0.4, -0.2) is 37.2 Å². The van der Waals surface area contributed by atoms with Gasteiger partial charge in [0.15, 0.2) is 5.69 Å². The zero-order chi connectivity index (χ0) is 17.8. The van der Waals surface area contributed by atoms with Crippen molar-refractivity contribution in [3.63, 3.8) is 0 Å². The molecule has 0 fully saturated rings. The zero-order valence-corrected chi connectivity index (χ0v) is 12.3. The summed E-state index contributed by atoms with van der Waals surface area (Å²) in [7, 11) is 2.77. The topological polar surface area (TPSA) is 98.8 Å². The predicted molar refractivity (Wildman–Crippen MR) is 74.5 cm³/mol. The van der Waals surface area contributed by atoms with Gasteiger partial charge in [-0.05, 0) is 6.42 Å². The zero-order valence-electron chi connectivity index (χ0n) is 12.3. The molecule has 0 aliphatic rings. The summed E-state index contributed by atoms with van der Waals surface area (Å²) in [5.41, 5.74) is -3.84. The number of nitro groups is 2. The molecular formula is C12H14F3N3O5. The molecule has 1 aromatic rings. The van der Waals surface area contributed by atoms with Crippen LogP contribution in [0.5, 0.6) is 0 Å². The van der Waals surface area contributed by atoms with Crippen LogP contribution in [0.25, 0.3) is 0 Å². The van der Waals surface area contributed by atoms with E-state index in [9.17, 15) is 33.4 Å². The van der Waals surface area contributed by atoms with Gasteiger partial charge < -0.3 is 9.64 Å². The maximum atomic E-state index is 12.8. The number of ether oxygens (including phenoxy) is 1. The molecule has 1 aromatic carbocycles. The van der Waals surface area contributed by atoms with Gasteiger partial charge >= 0.3 is 6.18 Å². The van der Waals surface area contributed by atoms with Gasteiger partial charge in [-0.2, -0.15) is 13.2 Å². The molecule has 0 saturated heterocycles. The van der Waals surface area contributed by atoms with Crippen molar-refractivity contribution in [1.29, 1.82) is 0 Å². The first-order chi connectivity index (χ1) is 10.6. The lowest BCUT2D eigenvalue weighted by atomic mass is 10.1. The molecule has 0 atom stereocenters. The van der Waals surface area contributed by atoms with Crippen molar-refractivity contribution >= 4 is 17.1 Å². The highest BCUT2D eigenvalue weighted by Gasteiger charge is 2.38. The van der Waals surface area contributed by atoms with Gasteiger partial charge in [-0.1, -0.05) is 0 Å². The summed E-state index contributed by atoms with van der Waals surface area (Å²) >= 11 is 0. The van der Waals surface area contributed by atoms with E-state index >= 15 is 0 Å². The van der Waals surface area contributed by atoms with E-state index in [1.54, 1.807) is 0 Å². The van der Waals surface area contributed by atoms with Crippen LogP contribution in [0.4, 0.5) is 30.2 Å². The Bertz CT molecular complexity index is 571. The molecule has 0 unspecified atom stereocenters. The first kappa shape index (κ1) is 18.6. The summed E-state index contributed by atoms with van der Waals surface area (Å²) in [5.74, 6) is 0. The quantitative estimate of drug-likeness (QED) is 0.431. The monoisotopic (exact) mass is 337 g/mol. The normalized spacial score (nSPS) is 11.3. The van der Waals surface area contributed by atoms with Crippen molar-refractivity contribution in [1.82, 2.24) is 0 Å². The van der Waals surface area contributed by atoms with Crippen LogP contribution in [-0.2, 0) is 10.9 Å². The SMILES string of the molecule is COCCCN(C)c1c([N+](=O)[O-])cc(C(F)(F)F)cc1[N+](=O)[O-]. The van der Waals surface area contributed by atoms with Gasteiger partial charge in [0.1, 0.15) is 0 Å². The van der Waals surface area contributed by atoms with E-state index in [0.29, 0.717) is 25.2 Å². The minimum absolute atomic E-state index is 0.140. The molecule has 1 rings (SSSR count). The Labute approximate surface area is 128 Å². The molecule has 0 bridgehead atoms. The van der Waals surface area contributed by atoms with Crippen molar-refractivity contribution in [3.8, 4) is 0 Å². The smallest absolute Gasteiger partial charge is 0.385 e. The standard InChI is InChI=1S/C12H14F3N3O5/c1-16(4-3-5-23-2)11-9(17(19)20)6-8(12(13,14)15)7-10(11)18(21)22/h6-7H,3-5H2,1-2H3. The van der Waals surface area contributed by atoms with Gasteiger partial charge in [-0.15, -0.1) is 0 Å². The van der Waals surface area contributed by atoms with Gasteiger partial charge in [0.25, 0.3) is 11.4 Å². The van der Waals surface area contributed by atoms with Crippen molar-refractivity contribution < 1.29 is 27.8 Å². The van der Waals surface area contributed by atoms with Crippen LogP contribution in [0.1, 0.15) is 12.0 Å². The average Bonchev–Trinajstić information content (AvgIpc) is 2.44. The Morgan fingerprint density at radius 3 is 2.00 bits per heavy atom. The maximum absolute atomic E-state index is 12.8. The Morgan fingerprint density at radius 2 is 1.65 bits per heavy atom. The molecule has 23 heavy (non-hydrogen) atoms. The minimum atomic E-state index is -4.93. The molecule has 0 aliphatic heterocycles. The summed E-state index contributed by atoms with van der Waals surface area (Å²) in [6, 6.07) is 0.601. The Morgan fingerprint density at radius 1 is 1.17 bits per heavy atom. The highest BCUT2D eigenvalue weighted by atomic mass is 19.4. The van der Waals surface area contributed by atoms with Gasteiger partial charge in [0, 0.05) is 39.4 Å². The molecular weight excluding hydrogens is 323 g/mol. The van der Waals surface area contributed by atoms with E-state index in [-0.39, 0.29) is 6.54 Å². The number of hydrogen-bond acceptors (Lipinski definition) is 6. The molecule has 11 heteroatoms. The Hall–Kier alpha value is -2.43. The number of nitrogens with zero attached hydrogens (tertiary/aromatic N) is 3. The molecule has 0 spiro atoms. The second-order valence-corrected chi connectivity index (χ2v) is 4.64. The molecule has 0 N–H and O–H groups in total. The van der Waals surface area contributed by atoms with E-state index in [1.165, 1.54) is 19.1 Å². The van der Waals surface area contributed by atoms with Gasteiger partial charge in [0.05, 0.1) is 15.4 Å². The lowest BCUT2D eigenvalue weighted by Gasteiger charge is -2.19. The number of nitro benzene ring substituents is 2. The highest BCUT2D eigenvalue weighted by Crippen LogP contribution is 2.42. The van der Waals surface area contributed by atoms with Crippen molar-refractivity contribution in [2.45, 2.75) is 12.6 Å². The van der Waals surface area contributed by atoms with Gasteiger partial charge in [-0.3, -0.25) is 20.2 Å². The summed E-state index contributed by atoms with van der Waals surface area (Å²) in [4.78, 5) is 21.2. The van der Waals surface area contributed by atoms with Crippen molar-refractivity contribution in [2.24, 2.45) is 0 Å². The molecule has 8 nitrogen and oxygen atoms in total. The van der Waals surface area contributed by atoms with Crippen LogP contribution in [0.3, 0.4) is 0 Å². The van der Waals surface area contributed by atoms with Crippen molar-refractivity contribution in [2.75, 3.05) is 32.2 Å². The first-order valence-electron chi connectivity index (χ1n) is 6.33. The largest absolute Gasteiger partial charge is 0.416 e. The number of benzene rings is 1. The van der Waals surface area contributed by atoms with Crippen molar-refractivity contribution in [3.05, 3.63) is 37.9 Å². The molecule has 0 saturated carbocycles. The summed E-state index contributed by atoms with van der Waals surface area (Å²) in [6.45, 7) is 0.438. The summed E-state index contributed by atoms with van der Waals surface area (Å²) in [5, 5.41) is 22.1. The van der Waals surface area contributed by atoms with E-state index in [0.717, 1.165) is 0 Å². The molecule has 0 amide bonds. The second kappa shape index (κ2) is 7.22. The fraction of sp³-hybridized carbons (Fsp3) is 0.500. The average molecular weight is 337 g/mol. The second-order valence-electron chi connectivity index (χ2n) is 4.64.